The smallest absolute Gasteiger partial charge is 0.0971 e. The number of hydrogen-bond acceptors (Lipinski definition) is 2. The van der Waals surface area contributed by atoms with E-state index in [1.54, 1.807) is 0 Å². The van der Waals surface area contributed by atoms with Crippen LogP contribution >= 0.6 is 15.9 Å². The summed E-state index contributed by atoms with van der Waals surface area (Å²) in [6.07, 6.45) is 0. The van der Waals surface area contributed by atoms with Gasteiger partial charge < -0.3 is 4.74 Å². The van der Waals surface area contributed by atoms with Crippen molar-refractivity contribution in [3.05, 3.63) is 0 Å². The van der Waals surface area contributed by atoms with Crippen molar-refractivity contribution >= 4 is 24.0 Å². The maximum Gasteiger partial charge on any atom is 0.0971 e. The Hall–Kier alpha value is 0.617. The molecule has 1 N–H and O–H groups in total. The van der Waals surface area contributed by atoms with Crippen molar-refractivity contribution in [2.45, 2.75) is 25.7 Å². The van der Waals surface area contributed by atoms with Crippen molar-refractivity contribution in [3.63, 3.8) is 0 Å². The first-order valence-electron chi connectivity index (χ1n) is 3.91. The maximum atomic E-state index is 5.34. The Balaban J connectivity index is 3.02. The second-order valence-electron chi connectivity index (χ2n) is 3.75. The Bertz CT molecular complexity index is 94.9. The number of rotatable bonds is 6. The molecule has 0 atom stereocenters. The molecule has 0 rings (SSSR count). The molecule has 0 radical (unpaired) electrons. The minimum atomic E-state index is -0.882. The van der Waals surface area contributed by atoms with Gasteiger partial charge in [-0.1, -0.05) is 35.6 Å². The monoisotopic (exact) mass is 239 g/mol. The first-order valence-corrected chi connectivity index (χ1v) is 8.73. The molecule has 0 unspecified atom stereocenters. The summed E-state index contributed by atoms with van der Waals surface area (Å²) in [6, 6.07) is 1.25. The largest absolute Gasteiger partial charge is 0.367 e. The summed E-state index contributed by atoms with van der Waals surface area (Å²) >= 11 is 3.26. The van der Waals surface area contributed by atoms with Crippen molar-refractivity contribution < 1.29 is 4.74 Å². The van der Waals surface area contributed by atoms with Crippen LogP contribution in [0.2, 0.25) is 25.7 Å². The van der Waals surface area contributed by atoms with Crippen LogP contribution in [-0.2, 0) is 4.74 Å². The summed E-state index contributed by atoms with van der Waals surface area (Å²) in [5, 5.41) is 3.04. The third kappa shape index (κ3) is 10.6. The third-order valence-electron chi connectivity index (χ3n) is 1.30. The molecule has 4 heteroatoms. The van der Waals surface area contributed by atoms with Gasteiger partial charge in [0, 0.05) is 14.7 Å². The molecule has 11 heavy (non-hydrogen) atoms. The lowest BCUT2D eigenvalue weighted by atomic mass is 10.8. The van der Waals surface area contributed by atoms with E-state index < -0.39 is 8.07 Å². The molecule has 0 heterocycles. The van der Waals surface area contributed by atoms with E-state index in [0.717, 1.165) is 12.1 Å². The van der Waals surface area contributed by atoms with E-state index in [4.69, 9.17) is 4.74 Å². The molecule has 0 aliphatic heterocycles. The van der Waals surface area contributed by atoms with Crippen molar-refractivity contribution in [2.24, 2.45) is 0 Å². The van der Waals surface area contributed by atoms with Crippen LogP contribution in [-0.4, -0.2) is 26.9 Å². The molecular formula is C7H18BrNOSi. The van der Waals surface area contributed by atoms with Gasteiger partial charge in [-0.15, -0.1) is 0 Å². The van der Waals surface area contributed by atoms with Crippen LogP contribution in [0.3, 0.4) is 0 Å². The van der Waals surface area contributed by atoms with Gasteiger partial charge in [-0.2, -0.15) is 0 Å². The molecule has 2 nitrogen and oxygen atoms in total. The first kappa shape index (κ1) is 11.6. The Morgan fingerprint density at radius 3 is 2.45 bits per heavy atom. The van der Waals surface area contributed by atoms with Crippen LogP contribution in [0.25, 0.3) is 0 Å². The van der Waals surface area contributed by atoms with Gasteiger partial charge in [-0.3, -0.25) is 5.32 Å². The molecule has 0 fully saturated rings. The second-order valence-corrected chi connectivity index (χ2v) is 9.93. The topological polar surface area (TPSA) is 21.3 Å². The van der Waals surface area contributed by atoms with Crippen molar-refractivity contribution in [2.75, 3.05) is 18.8 Å². The van der Waals surface area contributed by atoms with Crippen LogP contribution in [0.15, 0.2) is 0 Å². The van der Waals surface area contributed by atoms with Gasteiger partial charge in [0.05, 0.1) is 12.2 Å². The van der Waals surface area contributed by atoms with E-state index >= 15 is 0 Å². The molecule has 0 saturated carbocycles. The van der Waals surface area contributed by atoms with Crippen LogP contribution in [0.4, 0.5) is 0 Å². The average Bonchev–Trinajstić information content (AvgIpc) is 1.85. The van der Waals surface area contributed by atoms with Crippen LogP contribution < -0.4 is 5.32 Å². The quantitative estimate of drug-likeness (QED) is 0.253. The van der Waals surface area contributed by atoms with Gasteiger partial charge >= 0.3 is 0 Å². The fourth-order valence-corrected chi connectivity index (χ4v) is 1.48. The Labute approximate surface area is 78.8 Å². The summed E-state index contributed by atoms with van der Waals surface area (Å²) in [5.41, 5.74) is 0.806. The highest BCUT2D eigenvalue weighted by molar-refractivity contribution is 9.09. The summed E-state index contributed by atoms with van der Waals surface area (Å²) in [4.78, 5) is 0. The Morgan fingerprint density at radius 2 is 2.00 bits per heavy atom. The molecule has 68 valence electrons. The number of nitrogens with one attached hydrogen (secondary N) is 1. The second kappa shape index (κ2) is 6.17. The Kier molecular flexibility index (Phi) is 6.51. The van der Waals surface area contributed by atoms with Crippen molar-refractivity contribution in [3.8, 4) is 0 Å². The maximum absolute atomic E-state index is 5.34. The van der Waals surface area contributed by atoms with Gasteiger partial charge in [0.15, 0.2) is 0 Å². The summed E-state index contributed by atoms with van der Waals surface area (Å²) < 4.78 is 5.34. The van der Waals surface area contributed by atoms with Crippen molar-refractivity contribution in [1.82, 2.24) is 5.32 Å². The minimum absolute atomic E-state index is 0.662. The summed E-state index contributed by atoms with van der Waals surface area (Å²) in [5.74, 6) is 0. The zero-order valence-corrected chi connectivity index (χ0v) is 10.2. The van der Waals surface area contributed by atoms with Crippen LogP contribution in [0, 0.1) is 0 Å². The lowest BCUT2D eigenvalue weighted by molar-refractivity contribution is 0.133. The lowest BCUT2D eigenvalue weighted by Crippen LogP contribution is -2.23. The molecule has 0 aliphatic carbocycles. The summed E-state index contributed by atoms with van der Waals surface area (Å²) in [7, 11) is -0.882. The molecule has 0 amide bonds. The zero-order chi connectivity index (χ0) is 8.74. The predicted octanol–water partition coefficient (Wildman–Crippen LogP) is 2.24. The fourth-order valence-electron chi connectivity index (χ4n) is 0.561. The molecule has 0 aliphatic rings. The molecule has 0 spiro atoms. The molecule has 0 aromatic rings. The van der Waals surface area contributed by atoms with Crippen LogP contribution in [0.5, 0.6) is 0 Å². The fraction of sp³-hybridized carbons (Fsp3) is 1.00. The standard InChI is InChI=1S/C7H18BrNOSi/c1-11(2,3)5-4-10-7-9-6-8/h9H,4-7H2,1-3H3. The van der Waals surface area contributed by atoms with Gasteiger partial charge in [0.1, 0.15) is 0 Å². The normalized spacial score (nSPS) is 12.0. The van der Waals surface area contributed by atoms with E-state index in [9.17, 15) is 0 Å². The molecular weight excluding hydrogens is 222 g/mol. The van der Waals surface area contributed by atoms with Gasteiger partial charge in [-0.25, -0.2) is 0 Å². The van der Waals surface area contributed by atoms with E-state index in [0.29, 0.717) is 6.73 Å². The van der Waals surface area contributed by atoms with Gasteiger partial charge in [-0.05, 0) is 6.04 Å². The highest BCUT2D eigenvalue weighted by atomic mass is 79.9. The van der Waals surface area contributed by atoms with E-state index in [1.807, 2.05) is 0 Å². The Morgan fingerprint density at radius 1 is 1.36 bits per heavy atom. The van der Waals surface area contributed by atoms with Gasteiger partial charge in [0.25, 0.3) is 0 Å². The first-order chi connectivity index (χ1) is 5.06. The van der Waals surface area contributed by atoms with E-state index in [-0.39, 0.29) is 0 Å². The van der Waals surface area contributed by atoms with E-state index in [1.165, 1.54) is 6.04 Å². The predicted molar refractivity (Wildman–Crippen MR) is 55.9 cm³/mol. The molecule has 0 saturated heterocycles. The number of ether oxygens (including phenoxy) is 1. The number of halogens is 1. The highest BCUT2D eigenvalue weighted by Crippen LogP contribution is 2.06. The molecule has 0 bridgehead atoms. The van der Waals surface area contributed by atoms with Crippen molar-refractivity contribution in [1.29, 1.82) is 0 Å². The number of alkyl halides is 1. The molecule has 0 aromatic carbocycles. The number of hydrogen-bond donors (Lipinski definition) is 1. The summed E-state index contributed by atoms with van der Waals surface area (Å²) in [6.45, 7) is 8.63. The highest BCUT2D eigenvalue weighted by Gasteiger charge is 2.11. The minimum Gasteiger partial charge on any atom is -0.367 e. The lowest BCUT2D eigenvalue weighted by Gasteiger charge is -2.15. The van der Waals surface area contributed by atoms with E-state index in [2.05, 4.69) is 40.9 Å². The zero-order valence-electron chi connectivity index (χ0n) is 7.61. The average molecular weight is 240 g/mol. The van der Waals surface area contributed by atoms with Crippen LogP contribution in [0.1, 0.15) is 0 Å². The third-order valence-corrected chi connectivity index (χ3v) is 3.40. The van der Waals surface area contributed by atoms with Gasteiger partial charge in [0.2, 0.25) is 0 Å². The SMILES string of the molecule is C[Si](C)(C)CCOCNCBr. The molecule has 0 aromatic heterocycles.